The summed E-state index contributed by atoms with van der Waals surface area (Å²) in [5, 5.41) is 16.1. The maximum Gasteiger partial charge on any atom is 0.280 e. The zero-order valence-electron chi connectivity index (χ0n) is 22.5. The summed E-state index contributed by atoms with van der Waals surface area (Å²) in [7, 11) is 0. The molecule has 5 rings (SSSR count). The molecule has 0 aliphatic rings. The minimum Gasteiger partial charge on any atom is -0.494 e. The molecule has 0 saturated carbocycles. The summed E-state index contributed by atoms with van der Waals surface area (Å²) >= 11 is 0. The molecule has 1 N–H and O–H groups in total. The average molecular weight is 542 g/mol. The van der Waals surface area contributed by atoms with Gasteiger partial charge in [-0.2, -0.15) is 10.1 Å². The van der Waals surface area contributed by atoms with Gasteiger partial charge in [-0.3, -0.25) is 19.0 Å². The van der Waals surface area contributed by atoms with E-state index in [4.69, 9.17) is 0 Å². The van der Waals surface area contributed by atoms with E-state index in [1.807, 2.05) is 57.2 Å². The summed E-state index contributed by atoms with van der Waals surface area (Å²) in [6.07, 6.45) is 3.96. The van der Waals surface area contributed by atoms with Crippen LogP contribution >= 0.6 is 0 Å². The molecule has 3 aromatic heterocycles. The molecule has 0 aliphatic carbocycles. The molecule has 0 fully saturated rings. The van der Waals surface area contributed by atoms with Crippen molar-refractivity contribution in [2.75, 3.05) is 0 Å². The number of hydrogen-bond acceptors (Lipinski definition) is 5. The van der Waals surface area contributed by atoms with E-state index in [1.165, 1.54) is 16.7 Å². The first-order valence-electron chi connectivity index (χ1n) is 13.1. The lowest BCUT2D eigenvalue weighted by molar-refractivity contribution is 0.381. The van der Waals surface area contributed by atoms with Gasteiger partial charge in [0, 0.05) is 42.7 Å². The summed E-state index contributed by atoms with van der Waals surface area (Å²) < 4.78 is 31.6. The summed E-state index contributed by atoms with van der Waals surface area (Å²) in [5.41, 5.74) is 3.84. The Morgan fingerprint density at radius 1 is 1.00 bits per heavy atom. The lowest BCUT2D eigenvalue weighted by atomic mass is 9.99. The summed E-state index contributed by atoms with van der Waals surface area (Å²) in [4.78, 5) is 22.0. The van der Waals surface area contributed by atoms with Gasteiger partial charge in [0.15, 0.2) is 5.82 Å². The van der Waals surface area contributed by atoms with Crippen molar-refractivity contribution < 1.29 is 13.9 Å². The van der Waals surface area contributed by atoms with Gasteiger partial charge in [-0.1, -0.05) is 37.3 Å². The Labute approximate surface area is 230 Å². The molecule has 9 heteroatoms. The van der Waals surface area contributed by atoms with E-state index in [2.05, 4.69) is 15.1 Å². The monoisotopic (exact) mass is 541 g/mol. The molecule has 0 unspecified atom stereocenters. The van der Waals surface area contributed by atoms with Crippen molar-refractivity contribution in [2.24, 2.45) is 0 Å². The van der Waals surface area contributed by atoms with Gasteiger partial charge in [0.25, 0.3) is 5.56 Å². The Kier molecular flexibility index (Phi) is 7.55. The van der Waals surface area contributed by atoms with Crippen molar-refractivity contribution in [2.45, 2.75) is 46.2 Å². The predicted octanol–water partition coefficient (Wildman–Crippen LogP) is 6.07. The van der Waals surface area contributed by atoms with Crippen molar-refractivity contribution in [1.29, 1.82) is 0 Å². The highest BCUT2D eigenvalue weighted by Gasteiger charge is 2.26. The molecular weight excluding hydrogens is 512 g/mol. The minimum atomic E-state index is -0.733. The number of nitrogens with zero attached hydrogens (tertiary/aromatic N) is 5. The largest absolute Gasteiger partial charge is 0.494 e. The highest BCUT2D eigenvalue weighted by atomic mass is 19.1. The summed E-state index contributed by atoms with van der Waals surface area (Å²) in [6.45, 7) is 6.28. The Balaban J connectivity index is 1.62. The predicted molar refractivity (Wildman–Crippen MR) is 149 cm³/mol. The number of hydrogen-bond donors (Lipinski definition) is 1. The van der Waals surface area contributed by atoms with Gasteiger partial charge in [0.2, 0.25) is 5.88 Å². The number of aromatic nitrogens is 5. The summed E-state index contributed by atoms with van der Waals surface area (Å²) in [5.74, 6) is -1.66. The molecule has 5 aromatic rings. The molecule has 0 radical (unpaired) electrons. The first kappa shape index (κ1) is 26.9. The molecule has 0 saturated heterocycles. The minimum absolute atomic E-state index is 0.0827. The molecule has 7 nitrogen and oxygen atoms in total. The van der Waals surface area contributed by atoms with Crippen LogP contribution in [0.3, 0.4) is 0 Å². The van der Waals surface area contributed by atoms with E-state index in [0.717, 1.165) is 28.5 Å². The van der Waals surface area contributed by atoms with Crippen LogP contribution in [0.1, 0.15) is 48.7 Å². The zero-order valence-corrected chi connectivity index (χ0v) is 22.5. The molecule has 2 aromatic carbocycles. The number of pyridine rings is 1. The van der Waals surface area contributed by atoms with Crippen molar-refractivity contribution in [3.05, 3.63) is 117 Å². The lowest BCUT2D eigenvalue weighted by Gasteiger charge is -2.25. The fourth-order valence-electron chi connectivity index (χ4n) is 4.98. The molecule has 0 spiro atoms. The number of aryl methyl sites for hydroxylation is 2. The third-order valence-electron chi connectivity index (χ3n) is 7.01. The Morgan fingerprint density at radius 2 is 1.73 bits per heavy atom. The van der Waals surface area contributed by atoms with Gasteiger partial charge in [0.1, 0.15) is 17.3 Å². The van der Waals surface area contributed by atoms with Crippen molar-refractivity contribution >= 4 is 0 Å². The maximum absolute atomic E-state index is 14.2. The number of rotatable bonds is 8. The van der Waals surface area contributed by atoms with Crippen LogP contribution in [0.25, 0.3) is 22.6 Å². The Bertz CT molecular complexity index is 1710. The smallest absolute Gasteiger partial charge is 0.280 e. The topological polar surface area (TPSA) is 85.8 Å². The second-order valence-electron chi connectivity index (χ2n) is 9.61. The second kappa shape index (κ2) is 11.2. The third-order valence-corrected chi connectivity index (χ3v) is 7.01. The Morgan fingerprint density at radius 3 is 2.35 bits per heavy atom. The second-order valence-corrected chi connectivity index (χ2v) is 9.61. The molecule has 204 valence electrons. The molecule has 0 amide bonds. The number of halogens is 2. The van der Waals surface area contributed by atoms with E-state index in [9.17, 15) is 18.7 Å². The van der Waals surface area contributed by atoms with E-state index in [0.29, 0.717) is 24.2 Å². The van der Waals surface area contributed by atoms with Gasteiger partial charge in [0.05, 0.1) is 11.6 Å². The van der Waals surface area contributed by atoms with Crippen LogP contribution in [-0.2, 0) is 13.0 Å². The highest BCUT2D eigenvalue weighted by molar-refractivity contribution is 5.65. The molecule has 3 heterocycles. The fourth-order valence-corrected chi connectivity index (χ4v) is 4.98. The molecule has 40 heavy (non-hydrogen) atoms. The van der Waals surface area contributed by atoms with E-state index >= 15 is 0 Å². The normalized spacial score (nSPS) is 12.0. The Hall–Kier alpha value is -4.66. The van der Waals surface area contributed by atoms with Gasteiger partial charge in [-0.25, -0.2) is 8.78 Å². The maximum atomic E-state index is 14.2. The number of aromatic hydroxyl groups is 1. The van der Waals surface area contributed by atoms with Crippen molar-refractivity contribution in [3.8, 4) is 28.5 Å². The van der Waals surface area contributed by atoms with Crippen LogP contribution in [0.2, 0.25) is 0 Å². The van der Waals surface area contributed by atoms with Crippen LogP contribution in [-0.4, -0.2) is 29.4 Å². The van der Waals surface area contributed by atoms with Crippen LogP contribution in [0.15, 0.2) is 77.9 Å². The SMILES string of the molecule is CC[C@@H](c1cc(F)cc(F)c1)n1c(-c2ccn(CC)n2)nc(=O)c(Cc2ccc(-c3cccnc3C)cc2)c1O. The van der Waals surface area contributed by atoms with Gasteiger partial charge >= 0.3 is 0 Å². The molecule has 0 aliphatic heterocycles. The van der Waals surface area contributed by atoms with Crippen LogP contribution in [0.4, 0.5) is 8.78 Å². The summed E-state index contributed by atoms with van der Waals surface area (Å²) in [6, 6.07) is 15.8. The highest BCUT2D eigenvalue weighted by Crippen LogP contribution is 2.34. The van der Waals surface area contributed by atoms with E-state index < -0.39 is 23.2 Å². The van der Waals surface area contributed by atoms with Gasteiger partial charge in [-0.15, -0.1) is 0 Å². The first-order chi connectivity index (χ1) is 19.3. The first-order valence-corrected chi connectivity index (χ1v) is 13.1. The van der Waals surface area contributed by atoms with Crippen LogP contribution in [0, 0.1) is 18.6 Å². The molecule has 1 atom stereocenters. The van der Waals surface area contributed by atoms with Gasteiger partial charge in [-0.05, 0) is 61.2 Å². The molecule has 0 bridgehead atoms. The fraction of sp³-hybridized carbons (Fsp3) is 0.226. The average Bonchev–Trinajstić information content (AvgIpc) is 3.42. The lowest BCUT2D eigenvalue weighted by Crippen LogP contribution is -2.24. The van der Waals surface area contributed by atoms with Crippen LogP contribution < -0.4 is 5.56 Å². The van der Waals surface area contributed by atoms with E-state index in [1.54, 1.807) is 23.1 Å². The number of benzene rings is 2. The quantitative estimate of drug-likeness (QED) is 0.258. The van der Waals surface area contributed by atoms with Crippen molar-refractivity contribution in [3.63, 3.8) is 0 Å². The van der Waals surface area contributed by atoms with Gasteiger partial charge < -0.3 is 5.11 Å². The third kappa shape index (κ3) is 5.27. The van der Waals surface area contributed by atoms with Crippen molar-refractivity contribution in [1.82, 2.24) is 24.3 Å². The standard InChI is InChI=1S/C31H29F2N5O2/c1-4-28(22-16-23(32)18-24(33)17-22)38-29(27-12-14-37(5-2)36-27)35-30(39)26(31(38)40)15-20-8-10-21(11-9-20)25-7-6-13-34-19(25)3/h6-14,16-18,28,40H,4-5,15H2,1-3H3/t28-/m0/s1. The zero-order chi connectivity index (χ0) is 28.4. The molecular formula is C31H29F2N5O2. The van der Waals surface area contributed by atoms with Crippen LogP contribution in [0.5, 0.6) is 5.88 Å². The van der Waals surface area contributed by atoms with E-state index in [-0.39, 0.29) is 23.7 Å².